The molecule has 0 saturated carbocycles. The first-order chi connectivity index (χ1) is 22.3. The molecule has 0 amide bonds. The standard InChI is InChI=1S/2C14H8F6N.C4H7O2P.Ir/c2*1-8-2-3-21-12(4-8)9-5-10(13(15,16)17)7-11(6-9)14(18,19)20;1-3(5)7-4(2)6;/h2*2-5,7H,1H3;5H,1-2H3;/q2*-1;;. The molecule has 4 nitrogen and oxygen atoms in total. The Balaban J connectivity index is 0.000000414. The summed E-state index contributed by atoms with van der Waals surface area (Å²) in [7, 11) is 0.410. The van der Waals surface area contributed by atoms with E-state index in [-0.39, 0.29) is 65.8 Å². The minimum absolute atomic E-state index is 0. The summed E-state index contributed by atoms with van der Waals surface area (Å²) in [6.45, 7) is 6.25. The molecule has 4 rings (SSSR count). The van der Waals surface area contributed by atoms with Gasteiger partial charge in [-0.05, 0) is 66.5 Å². The van der Waals surface area contributed by atoms with Gasteiger partial charge in [0, 0.05) is 47.6 Å². The largest absolute Gasteiger partial charge is 0.399 e. The molecule has 18 heteroatoms. The minimum atomic E-state index is -4.92. The fourth-order valence-corrected chi connectivity index (χ4v) is 4.10. The van der Waals surface area contributed by atoms with Crippen LogP contribution in [-0.4, -0.2) is 26.1 Å². The summed E-state index contributed by atoms with van der Waals surface area (Å²) in [5, 5.41) is 8.41. The molecule has 0 unspecified atom stereocenters. The van der Waals surface area contributed by atoms with Gasteiger partial charge in [-0.3, -0.25) is 4.79 Å². The minimum Gasteiger partial charge on any atom is -0.361 e. The molecule has 0 aliphatic carbocycles. The quantitative estimate of drug-likeness (QED) is 0.126. The molecule has 2 aromatic carbocycles. The third-order valence-corrected chi connectivity index (χ3v) is 6.34. The van der Waals surface area contributed by atoms with Crippen molar-refractivity contribution in [1.82, 2.24) is 9.97 Å². The SMILES string of the molecule is CC(=O)P=C(C)O.Cc1ccnc(-c2[c-]c(C(F)(F)F)cc(C(F)(F)F)c2)c1.Cc1ccnc(-c2[c-]c(C(F)(F)F)cc(C(F)(F)F)c2)c1.[Ir]. The van der Waals surface area contributed by atoms with Crippen molar-refractivity contribution >= 4 is 19.2 Å². The smallest absolute Gasteiger partial charge is 0.361 e. The summed E-state index contributed by atoms with van der Waals surface area (Å²) in [4.78, 5) is 17.6. The van der Waals surface area contributed by atoms with Gasteiger partial charge in [-0.15, -0.1) is 47.5 Å². The van der Waals surface area contributed by atoms with E-state index in [0.717, 1.165) is 0 Å². The number of nitrogens with zero attached hydrogens (tertiary/aromatic N) is 2. The van der Waals surface area contributed by atoms with Crippen molar-refractivity contribution in [3.8, 4) is 22.5 Å². The zero-order chi connectivity index (χ0) is 37.5. The maximum atomic E-state index is 12.7. The molecule has 0 aliphatic rings. The first kappa shape index (κ1) is 44.4. The Morgan fingerprint density at radius 1 is 0.620 bits per heavy atom. The number of aromatic nitrogens is 2. The van der Waals surface area contributed by atoms with Gasteiger partial charge in [-0.25, -0.2) is 0 Å². The molecule has 0 fully saturated rings. The number of halogens is 12. The van der Waals surface area contributed by atoms with E-state index in [2.05, 4.69) is 9.97 Å². The second kappa shape index (κ2) is 17.5. The van der Waals surface area contributed by atoms with Crippen molar-refractivity contribution in [3.63, 3.8) is 0 Å². The number of hydrogen-bond acceptors (Lipinski definition) is 3. The van der Waals surface area contributed by atoms with Crippen LogP contribution in [0.5, 0.6) is 0 Å². The van der Waals surface area contributed by atoms with Crippen LogP contribution in [0.15, 0.2) is 60.9 Å². The predicted octanol–water partition coefficient (Wildman–Crippen LogP) is 10.8. The molecule has 0 aliphatic heterocycles. The Hall–Kier alpha value is -3.65. The Labute approximate surface area is 292 Å². The summed E-state index contributed by atoms with van der Waals surface area (Å²) < 4.78 is 153. The maximum Gasteiger partial charge on any atom is 0.399 e. The Bertz CT molecular complexity index is 1620. The molecular formula is C32H23F12IrN2O2P-2. The number of alkyl halides is 12. The molecule has 1 radical (unpaired) electrons. The molecule has 50 heavy (non-hydrogen) atoms. The van der Waals surface area contributed by atoms with Gasteiger partial charge in [0.15, 0.2) is 5.52 Å². The van der Waals surface area contributed by atoms with Crippen LogP contribution < -0.4 is 0 Å². The summed E-state index contributed by atoms with van der Waals surface area (Å²) in [5.74, 6) is 0. The molecular weight excluding hydrogens is 896 g/mol. The van der Waals surface area contributed by atoms with E-state index in [1.807, 2.05) is 12.1 Å². The number of hydrogen-bond donors (Lipinski definition) is 1. The molecule has 0 spiro atoms. The molecule has 4 aromatic rings. The maximum absolute atomic E-state index is 12.7. The Kier molecular flexibility index (Phi) is 15.5. The number of aryl methyl sites for hydroxylation is 2. The normalized spacial score (nSPS) is 12.1. The zero-order valence-corrected chi connectivity index (χ0v) is 29.1. The van der Waals surface area contributed by atoms with E-state index in [1.54, 1.807) is 26.0 Å². The van der Waals surface area contributed by atoms with Crippen LogP contribution in [0.3, 0.4) is 0 Å². The molecule has 2 aromatic heterocycles. The van der Waals surface area contributed by atoms with Crippen molar-refractivity contribution < 1.29 is 82.7 Å². The van der Waals surface area contributed by atoms with Gasteiger partial charge < -0.3 is 15.1 Å². The van der Waals surface area contributed by atoms with E-state index in [4.69, 9.17) is 5.11 Å². The van der Waals surface area contributed by atoms with Crippen LogP contribution in [-0.2, 0) is 49.6 Å². The zero-order valence-electron chi connectivity index (χ0n) is 25.8. The van der Waals surface area contributed by atoms with E-state index in [1.165, 1.54) is 38.4 Å². The van der Waals surface area contributed by atoms with Crippen molar-refractivity contribution in [2.45, 2.75) is 52.4 Å². The van der Waals surface area contributed by atoms with Gasteiger partial charge in [-0.1, -0.05) is 23.3 Å². The van der Waals surface area contributed by atoms with Gasteiger partial charge in [0.1, 0.15) is 0 Å². The summed E-state index contributed by atoms with van der Waals surface area (Å²) in [6.07, 6.45) is -17.0. The van der Waals surface area contributed by atoms with E-state index < -0.39 is 47.0 Å². The number of rotatable bonds is 3. The monoisotopic (exact) mass is 919 g/mol. The van der Waals surface area contributed by atoms with Crippen molar-refractivity contribution in [3.05, 3.63) is 106 Å². The number of pyridine rings is 2. The van der Waals surface area contributed by atoms with Crippen molar-refractivity contribution in [1.29, 1.82) is 0 Å². The first-order valence-corrected chi connectivity index (χ1v) is 14.2. The molecule has 0 saturated heterocycles. The van der Waals surface area contributed by atoms with Crippen molar-refractivity contribution in [2.24, 2.45) is 0 Å². The van der Waals surface area contributed by atoms with Crippen LogP contribution in [0.4, 0.5) is 52.7 Å². The molecule has 0 bridgehead atoms. The summed E-state index contributed by atoms with van der Waals surface area (Å²) in [5.41, 5.74) is -4.93. The Morgan fingerprint density at radius 2 is 0.960 bits per heavy atom. The topological polar surface area (TPSA) is 63.1 Å². The summed E-state index contributed by atoms with van der Waals surface area (Å²) >= 11 is 0. The average molecular weight is 919 g/mol. The second-order valence-electron chi connectivity index (χ2n) is 10.00. The Morgan fingerprint density at radius 3 is 1.18 bits per heavy atom. The second-order valence-corrected chi connectivity index (χ2v) is 11.5. The fourth-order valence-electron chi connectivity index (χ4n) is 3.64. The molecule has 2 heterocycles. The first-order valence-electron chi connectivity index (χ1n) is 13.3. The molecule has 0 atom stereocenters. The third kappa shape index (κ3) is 14.3. The average Bonchev–Trinajstić information content (AvgIpc) is 2.95. The van der Waals surface area contributed by atoms with E-state index >= 15 is 0 Å². The number of benzene rings is 2. The van der Waals surface area contributed by atoms with E-state index in [9.17, 15) is 57.5 Å². The van der Waals surface area contributed by atoms with Crippen molar-refractivity contribution in [2.75, 3.05) is 0 Å². The van der Waals surface area contributed by atoms with Crippen LogP contribution in [0.1, 0.15) is 47.2 Å². The number of carbonyl (C=O) groups excluding carboxylic acids is 1. The number of aliphatic hydroxyl groups is 1. The van der Waals surface area contributed by atoms with Gasteiger partial charge >= 0.3 is 24.7 Å². The van der Waals surface area contributed by atoms with Crippen LogP contribution >= 0.6 is 8.20 Å². The number of carbonyl (C=O) groups is 1. The number of aliphatic hydroxyl groups excluding tert-OH is 1. The molecule has 273 valence electrons. The fraction of sp³-hybridized carbons (Fsp3) is 0.250. The van der Waals surface area contributed by atoms with Gasteiger partial charge in [0.2, 0.25) is 0 Å². The summed E-state index contributed by atoms with van der Waals surface area (Å²) in [6, 6.07) is 11.2. The van der Waals surface area contributed by atoms with Gasteiger partial charge in [0.25, 0.3) is 0 Å². The predicted molar refractivity (Wildman–Crippen MR) is 157 cm³/mol. The van der Waals surface area contributed by atoms with Crippen LogP contribution in [0, 0.1) is 26.0 Å². The molecule has 1 N–H and O–H groups in total. The van der Waals surface area contributed by atoms with Crippen LogP contribution in [0.25, 0.3) is 22.5 Å². The van der Waals surface area contributed by atoms with E-state index in [0.29, 0.717) is 31.5 Å². The van der Waals surface area contributed by atoms with Crippen LogP contribution in [0.2, 0.25) is 0 Å². The van der Waals surface area contributed by atoms with Gasteiger partial charge in [-0.2, -0.15) is 52.7 Å². The third-order valence-electron chi connectivity index (χ3n) is 5.71. The van der Waals surface area contributed by atoms with Gasteiger partial charge in [0.05, 0.1) is 5.48 Å².